The normalized spacial score (nSPS) is 14.8. The fourth-order valence-electron chi connectivity index (χ4n) is 3.32. The molecule has 2 aromatic rings. The van der Waals surface area contributed by atoms with E-state index in [0.717, 1.165) is 16.8 Å². The van der Waals surface area contributed by atoms with E-state index in [2.05, 4.69) is 0 Å². The van der Waals surface area contributed by atoms with Gasteiger partial charge in [0.2, 0.25) is 10.0 Å². The van der Waals surface area contributed by atoms with Crippen molar-refractivity contribution in [2.24, 2.45) is 0 Å². The molecule has 1 amide bonds. The van der Waals surface area contributed by atoms with Crippen molar-refractivity contribution in [2.75, 3.05) is 25.5 Å². The molecule has 1 heterocycles. The van der Waals surface area contributed by atoms with Crippen molar-refractivity contribution in [1.82, 2.24) is 4.31 Å². The van der Waals surface area contributed by atoms with Crippen LogP contribution in [0.2, 0.25) is 5.02 Å². The minimum atomic E-state index is -3.51. The van der Waals surface area contributed by atoms with E-state index in [0.29, 0.717) is 30.2 Å². The summed E-state index contributed by atoms with van der Waals surface area (Å²) >= 11 is 6.06. The summed E-state index contributed by atoms with van der Waals surface area (Å²) in [7, 11) is -0.511. The molecule has 0 spiro atoms. The van der Waals surface area contributed by atoms with Gasteiger partial charge >= 0.3 is 0 Å². The summed E-state index contributed by atoms with van der Waals surface area (Å²) in [5.41, 5.74) is 2.47. The van der Waals surface area contributed by atoms with Gasteiger partial charge < -0.3 is 9.64 Å². The highest BCUT2D eigenvalue weighted by Gasteiger charge is 2.32. The average Bonchev–Trinajstić information content (AvgIpc) is 3.11. The van der Waals surface area contributed by atoms with E-state index < -0.39 is 16.1 Å². The number of hydrogen-bond donors (Lipinski definition) is 0. The summed E-state index contributed by atoms with van der Waals surface area (Å²) in [6.07, 6.45) is 0.486. The molecule has 0 radical (unpaired) electrons. The zero-order valence-electron chi connectivity index (χ0n) is 17.0. The maximum absolute atomic E-state index is 13.1. The Morgan fingerprint density at radius 2 is 1.97 bits per heavy atom. The van der Waals surface area contributed by atoms with Gasteiger partial charge in [-0.05, 0) is 67.3 Å². The second kappa shape index (κ2) is 8.34. The number of benzene rings is 2. The minimum Gasteiger partial charge on any atom is -0.481 e. The van der Waals surface area contributed by atoms with Crippen molar-refractivity contribution >= 4 is 33.2 Å². The molecule has 0 fully saturated rings. The third-order valence-corrected chi connectivity index (χ3v) is 7.28. The van der Waals surface area contributed by atoms with Crippen LogP contribution in [0.1, 0.15) is 24.5 Å². The van der Waals surface area contributed by atoms with Gasteiger partial charge in [-0.15, -0.1) is 0 Å². The Labute approximate surface area is 177 Å². The molecule has 8 heteroatoms. The molecule has 0 aliphatic carbocycles. The monoisotopic (exact) mass is 436 g/mol. The Morgan fingerprint density at radius 1 is 1.24 bits per heavy atom. The lowest BCUT2D eigenvalue weighted by Crippen LogP contribution is -2.41. The number of anilines is 1. The summed E-state index contributed by atoms with van der Waals surface area (Å²) in [5, 5.41) is 0.647. The number of hydrogen-bond acceptors (Lipinski definition) is 4. The van der Waals surface area contributed by atoms with Crippen LogP contribution in [0, 0.1) is 6.92 Å². The third-order valence-electron chi connectivity index (χ3n) is 5.05. The number of sulfonamides is 1. The Morgan fingerprint density at radius 3 is 2.59 bits per heavy atom. The van der Waals surface area contributed by atoms with E-state index in [9.17, 15) is 13.2 Å². The molecule has 156 valence electrons. The molecule has 6 nitrogen and oxygen atoms in total. The summed E-state index contributed by atoms with van der Waals surface area (Å²) in [6.45, 7) is 4.28. The molecule has 0 N–H and O–H groups in total. The number of halogens is 1. The van der Waals surface area contributed by atoms with Crippen LogP contribution in [-0.4, -0.2) is 45.4 Å². The Bertz CT molecular complexity index is 1040. The fourth-order valence-corrected chi connectivity index (χ4v) is 4.39. The predicted molar refractivity (Wildman–Crippen MR) is 114 cm³/mol. The molecule has 0 aromatic heterocycles. The first-order valence-electron chi connectivity index (χ1n) is 9.44. The van der Waals surface area contributed by atoms with E-state index in [1.807, 2.05) is 19.9 Å². The van der Waals surface area contributed by atoms with Crippen molar-refractivity contribution in [3.05, 3.63) is 52.5 Å². The van der Waals surface area contributed by atoms with Gasteiger partial charge in [-0.3, -0.25) is 4.79 Å². The SMILES string of the molecule is CCC(Oc1ccc(Cl)c(C)c1)C(=O)N1CCc2cc(S(=O)(=O)N(C)C)ccc21. The van der Waals surface area contributed by atoms with E-state index in [1.165, 1.54) is 18.4 Å². The molecule has 29 heavy (non-hydrogen) atoms. The lowest BCUT2D eigenvalue weighted by molar-refractivity contribution is -0.125. The van der Waals surface area contributed by atoms with Crippen LogP contribution in [0.25, 0.3) is 0 Å². The second-order valence-corrected chi connectivity index (χ2v) is 9.80. The number of carbonyl (C=O) groups excluding carboxylic acids is 1. The largest absolute Gasteiger partial charge is 0.481 e. The quantitative estimate of drug-likeness (QED) is 0.693. The highest BCUT2D eigenvalue weighted by Crippen LogP contribution is 2.32. The second-order valence-electron chi connectivity index (χ2n) is 7.24. The third kappa shape index (κ3) is 4.27. The van der Waals surface area contributed by atoms with Gasteiger partial charge in [0.15, 0.2) is 6.10 Å². The molecule has 1 atom stereocenters. The Kier molecular flexibility index (Phi) is 6.22. The van der Waals surface area contributed by atoms with Gasteiger partial charge in [-0.25, -0.2) is 12.7 Å². The first-order chi connectivity index (χ1) is 13.6. The van der Waals surface area contributed by atoms with E-state index in [4.69, 9.17) is 16.3 Å². The van der Waals surface area contributed by atoms with Crippen LogP contribution >= 0.6 is 11.6 Å². The number of carbonyl (C=O) groups is 1. The predicted octanol–water partition coefficient (Wildman–Crippen LogP) is 3.65. The van der Waals surface area contributed by atoms with Crippen LogP contribution in [0.3, 0.4) is 0 Å². The first-order valence-corrected chi connectivity index (χ1v) is 11.3. The number of nitrogens with zero attached hydrogens (tertiary/aromatic N) is 2. The molecule has 1 aliphatic heterocycles. The van der Waals surface area contributed by atoms with Crippen LogP contribution in [0.4, 0.5) is 5.69 Å². The van der Waals surface area contributed by atoms with Crippen molar-refractivity contribution in [1.29, 1.82) is 0 Å². The number of fused-ring (bicyclic) bond motifs is 1. The smallest absolute Gasteiger partial charge is 0.268 e. The van der Waals surface area contributed by atoms with E-state index in [1.54, 1.807) is 35.2 Å². The molecule has 1 aliphatic rings. The molecule has 0 saturated heterocycles. The van der Waals surface area contributed by atoms with Crippen LogP contribution in [-0.2, 0) is 21.2 Å². The van der Waals surface area contributed by atoms with E-state index >= 15 is 0 Å². The van der Waals surface area contributed by atoms with Gasteiger partial charge in [0.25, 0.3) is 5.91 Å². The highest BCUT2D eigenvalue weighted by molar-refractivity contribution is 7.89. The molecule has 0 saturated carbocycles. The lowest BCUT2D eigenvalue weighted by Gasteiger charge is -2.24. The topological polar surface area (TPSA) is 66.9 Å². The zero-order valence-corrected chi connectivity index (χ0v) is 18.5. The van der Waals surface area contributed by atoms with Crippen molar-refractivity contribution < 1.29 is 17.9 Å². The number of ether oxygens (including phenoxy) is 1. The van der Waals surface area contributed by atoms with Gasteiger partial charge in [0.05, 0.1) is 4.90 Å². The molecule has 3 rings (SSSR count). The Balaban J connectivity index is 1.83. The molecular weight excluding hydrogens is 412 g/mol. The lowest BCUT2D eigenvalue weighted by atomic mass is 10.1. The molecule has 1 unspecified atom stereocenters. The average molecular weight is 437 g/mol. The summed E-state index contributed by atoms with van der Waals surface area (Å²) in [6, 6.07) is 10.2. The van der Waals surface area contributed by atoms with Crippen LogP contribution in [0.5, 0.6) is 5.75 Å². The van der Waals surface area contributed by atoms with Gasteiger partial charge in [0.1, 0.15) is 5.75 Å². The maximum Gasteiger partial charge on any atom is 0.268 e. The summed E-state index contributed by atoms with van der Waals surface area (Å²) in [4.78, 5) is 15.0. The van der Waals surface area contributed by atoms with Crippen LogP contribution in [0.15, 0.2) is 41.3 Å². The first kappa shape index (κ1) is 21.6. The van der Waals surface area contributed by atoms with Gasteiger partial charge in [-0.1, -0.05) is 18.5 Å². The minimum absolute atomic E-state index is 0.137. The van der Waals surface area contributed by atoms with Crippen molar-refractivity contribution in [2.45, 2.75) is 37.7 Å². The number of aryl methyl sites for hydroxylation is 1. The van der Waals surface area contributed by atoms with Crippen molar-refractivity contribution in [3.63, 3.8) is 0 Å². The van der Waals surface area contributed by atoms with Crippen LogP contribution < -0.4 is 9.64 Å². The summed E-state index contributed by atoms with van der Waals surface area (Å²) in [5.74, 6) is 0.459. The molecular formula is C21H25ClN2O4S. The summed E-state index contributed by atoms with van der Waals surface area (Å²) < 4.78 is 31.9. The van der Waals surface area contributed by atoms with Gasteiger partial charge in [-0.2, -0.15) is 0 Å². The van der Waals surface area contributed by atoms with Gasteiger partial charge in [0, 0.05) is 31.4 Å². The Hall–Kier alpha value is -2.09. The molecule has 2 aromatic carbocycles. The standard InChI is InChI=1S/C21H25ClN2O4S/c1-5-20(28-16-6-8-18(22)14(2)12-16)21(25)24-11-10-15-13-17(7-9-19(15)24)29(26,27)23(3)4/h6-9,12-13,20H,5,10-11H2,1-4H3. The number of rotatable bonds is 6. The van der Waals surface area contributed by atoms with E-state index in [-0.39, 0.29) is 10.8 Å². The molecule has 0 bridgehead atoms. The van der Waals surface area contributed by atoms with Crippen molar-refractivity contribution in [3.8, 4) is 5.75 Å². The highest BCUT2D eigenvalue weighted by atomic mass is 35.5. The maximum atomic E-state index is 13.1. The number of amides is 1. The zero-order chi connectivity index (χ0) is 21.3. The fraction of sp³-hybridized carbons (Fsp3) is 0.381.